The van der Waals surface area contributed by atoms with Gasteiger partial charge in [0.1, 0.15) is 0 Å². The van der Waals surface area contributed by atoms with Gasteiger partial charge in [0.15, 0.2) is 0 Å². The van der Waals surface area contributed by atoms with E-state index >= 15 is 0 Å². The summed E-state index contributed by atoms with van der Waals surface area (Å²) in [7, 11) is 0. The number of carbonyl (C=O) groups is 1. The first-order valence-corrected chi connectivity index (χ1v) is 8.63. The van der Waals surface area contributed by atoms with E-state index < -0.39 is 5.97 Å². The summed E-state index contributed by atoms with van der Waals surface area (Å²) in [5, 5.41) is 16.5. The van der Waals surface area contributed by atoms with E-state index in [0.29, 0.717) is 6.61 Å². The molecule has 0 unspecified atom stereocenters. The monoisotopic (exact) mass is 316 g/mol. The second-order valence-electron chi connectivity index (χ2n) is 5.60. The number of ether oxygens (including phenoxy) is 1. The number of aliphatic hydroxyl groups is 1. The molecule has 0 atom stereocenters. The minimum absolute atomic E-state index is 0.176. The molecule has 0 bridgehead atoms. The van der Waals surface area contributed by atoms with Crippen LogP contribution in [0.2, 0.25) is 0 Å². The van der Waals surface area contributed by atoms with Gasteiger partial charge in [-0.25, -0.2) is 4.79 Å². The summed E-state index contributed by atoms with van der Waals surface area (Å²) in [4.78, 5) is 9.60. The van der Waals surface area contributed by atoms with Crippen molar-refractivity contribution >= 4 is 5.97 Å². The fourth-order valence-corrected chi connectivity index (χ4v) is 1.60. The van der Waals surface area contributed by atoms with Crippen molar-refractivity contribution in [3.63, 3.8) is 0 Å². The van der Waals surface area contributed by atoms with Gasteiger partial charge in [-0.3, -0.25) is 0 Å². The maximum atomic E-state index is 9.60. The van der Waals surface area contributed by atoms with Gasteiger partial charge in [-0.15, -0.1) is 0 Å². The normalized spacial score (nSPS) is 11.6. The van der Waals surface area contributed by atoms with E-state index in [1.165, 1.54) is 64.7 Å². The number of aliphatic hydroxyl groups excluding tert-OH is 1. The van der Waals surface area contributed by atoms with Crippen molar-refractivity contribution in [2.75, 3.05) is 19.8 Å². The Bertz CT molecular complexity index is 225. The Morgan fingerprint density at radius 1 is 0.955 bits per heavy atom. The summed E-state index contributed by atoms with van der Waals surface area (Å²) in [5.41, 5.74) is 0.176. The molecule has 0 aliphatic carbocycles. The molecular weight excluding hydrogens is 280 g/mol. The van der Waals surface area contributed by atoms with Crippen LogP contribution in [0.3, 0.4) is 0 Å². The van der Waals surface area contributed by atoms with Crippen LogP contribution in [0, 0.1) is 0 Å². The molecule has 0 spiro atoms. The Kier molecular flexibility index (Phi) is 21.4. The average molecular weight is 316 g/mol. The Morgan fingerprint density at radius 2 is 1.27 bits per heavy atom. The molecule has 0 aromatic carbocycles. The lowest BCUT2D eigenvalue weighted by Crippen LogP contribution is -1.92. The third-order valence-electron chi connectivity index (χ3n) is 3.08. The number of carboxylic acid groups (broad SMARTS) is 1. The van der Waals surface area contributed by atoms with Gasteiger partial charge in [-0.05, 0) is 13.3 Å². The summed E-state index contributed by atoms with van der Waals surface area (Å²) < 4.78 is 4.50. The Balaban J connectivity index is 0. The van der Waals surface area contributed by atoms with E-state index in [1.807, 2.05) is 0 Å². The van der Waals surface area contributed by atoms with Gasteiger partial charge in [0, 0.05) is 12.2 Å². The van der Waals surface area contributed by atoms with Crippen LogP contribution in [-0.2, 0) is 9.53 Å². The lowest BCUT2D eigenvalue weighted by atomic mass is 10.1. The summed E-state index contributed by atoms with van der Waals surface area (Å²) in [6.45, 7) is 9.23. The highest BCUT2D eigenvalue weighted by atomic mass is 16.6. The smallest absolute Gasteiger partial charge is 0.330 e. The molecule has 2 N–H and O–H groups in total. The predicted molar refractivity (Wildman–Crippen MR) is 92.2 cm³/mol. The summed E-state index contributed by atoms with van der Waals surface area (Å²) in [6.07, 6.45) is 13.3. The molecule has 132 valence electrons. The summed E-state index contributed by atoms with van der Waals surface area (Å²) in [6, 6.07) is 0. The van der Waals surface area contributed by atoms with Crippen LogP contribution < -0.4 is 0 Å². The minimum Gasteiger partial charge on any atom is -0.478 e. The van der Waals surface area contributed by atoms with E-state index in [4.69, 9.17) is 10.2 Å². The first-order chi connectivity index (χ1) is 10.6. The fraction of sp³-hybridized carbons (Fsp3) is 0.833. The minimum atomic E-state index is -0.935. The zero-order valence-electron chi connectivity index (χ0n) is 14.6. The van der Waals surface area contributed by atoms with Gasteiger partial charge in [0.2, 0.25) is 0 Å². The maximum Gasteiger partial charge on any atom is 0.330 e. The van der Waals surface area contributed by atoms with Crippen molar-refractivity contribution in [1.29, 1.82) is 0 Å². The van der Waals surface area contributed by atoms with Crippen LogP contribution in [-0.4, -0.2) is 36.0 Å². The maximum absolute atomic E-state index is 9.60. The van der Waals surface area contributed by atoms with Gasteiger partial charge >= 0.3 is 5.97 Å². The standard InChI is InChI=1S/C12H26O.C4H6O2.C2H4O/c1-2-3-4-5-6-7-8-9-10-11-12-13;1-3(2)4(5)6;1-2-3-1/h13H,2-12H2,1H3;1H2,2H3,(H,5,6);1-2H2. The van der Waals surface area contributed by atoms with Crippen LogP contribution in [0.15, 0.2) is 12.2 Å². The molecular formula is C18H36O4. The molecule has 1 heterocycles. The molecule has 4 nitrogen and oxygen atoms in total. The molecule has 0 aromatic rings. The van der Waals surface area contributed by atoms with Crippen LogP contribution in [0.4, 0.5) is 0 Å². The molecule has 1 aliphatic rings. The van der Waals surface area contributed by atoms with Crippen molar-refractivity contribution < 1.29 is 19.7 Å². The Hall–Kier alpha value is -0.870. The van der Waals surface area contributed by atoms with Gasteiger partial charge < -0.3 is 14.9 Å². The quantitative estimate of drug-likeness (QED) is 0.333. The number of epoxide rings is 1. The number of carboxylic acids is 1. The van der Waals surface area contributed by atoms with Gasteiger partial charge in [-0.2, -0.15) is 0 Å². The molecule has 0 saturated carbocycles. The van der Waals surface area contributed by atoms with Crippen molar-refractivity contribution in [2.24, 2.45) is 0 Å². The topological polar surface area (TPSA) is 70.1 Å². The van der Waals surface area contributed by atoms with Crippen molar-refractivity contribution in [3.8, 4) is 0 Å². The second kappa shape index (κ2) is 20.1. The van der Waals surface area contributed by atoms with Gasteiger partial charge in [0.25, 0.3) is 0 Å². The zero-order valence-corrected chi connectivity index (χ0v) is 14.6. The molecule has 0 amide bonds. The summed E-state index contributed by atoms with van der Waals surface area (Å²) >= 11 is 0. The van der Waals surface area contributed by atoms with Crippen LogP contribution in [0.1, 0.15) is 78.1 Å². The lowest BCUT2D eigenvalue weighted by Gasteiger charge is -2.00. The molecule has 0 radical (unpaired) electrons. The Morgan fingerprint density at radius 3 is 1.50 bits per heavy atom. The van der Waals surface area contributed by atoms with Gasteiger partial charge in [0.05, 0.1) is 13.2 Å². The fourth-order valence-electron chi connectivity index (χ4n) is 1.60. The van der Waals surface area contributed by atoms with E-state index in [1.54, 1.807) is 0 Å². The number of hydrogen-bond acceptors (Lipinski definition) is 3. The van der Waals surface area contributed by atoms with Gasteiger partial charge in [-0.1, -0.05) is 71.3 Å². The number of aliphatic carboxylic acids is 1. The largest absolute Gasteiger partial charge is 0.478 e. The third kappa shape index (κ3) is 31.5. The molecule has 1 saturated heterocycles. The van der Waals surface area contributed by atoms with Crippen LogP contribution in [0.25, 0.3) is 0 Å². The highest BCUT2D eigenvalue weighted by Gasteiger charge is 1.94. The van der Waals surface area contributed by atoms with E-state index in [-0.39, 0.29) is 5.57 Å². The molecule has 1 aliphatic heterocycles. The highest BCUT2D eigenvalue weighted by molar-refractivity contribution is 5.84. The zero-order chi connectivity index (χ0) is 17.1. The molecule has 22 heavy (non-hydrogen) atoms. The molecule has 4 heteroatoms. The van der Waals surface area contributed by atoms with E-state index in [0.717, 1.165) is 19.6 Å². The second-order valence-corrected chi connectivity index (χ2v) is 5.60. The summed E-state index contributed by atoms with van der Waals surface area (Å²) in [5.74, 6) is -0.935. The highest BCUT2D eigenvalue weighted by Crippen LogP contribution is 2.09. The Labute approximate surface area is 136 Å². The predicted octanol–water partition coefficient (Wildman–Crippen LogP) is 4.56. The molecule has 1 rings (SSSR count). The first kappa shape index (κ1) is 23.4. The van der Waals surface area contributed by atoms with E-state index in [2.05, 4.69) is 18.2 Å². The first-order valence-electron chi connectivity index (χ1n) is 8.63. The van der Waals surface area contributed by atoms with Crippen molar-refractivity contribution in [2.45, 2.75) is 78.1 Å². The van der Waals surface area contributed by atoms with Crippen molar-refractivity contribution in [1.82, 2.24) is 0 Å². The number of rotatable bonds is 11. The average Bonchev–Trinajstić information content (AvgIpc) is 3.35. The molecule has 0 aromatic heterocycles. The number of hydrogen-bond donors (Lipinski definition) is 2. The van der Waals surface area contributed by atoms with Crippen LogP contribution in [0.5, 0.6) is 0 Å². The number of unbranched alkanes of at least 4 members (excludes halogenated alkanes) is 9. The third-order valence-corrected chi connectivity index (χ3v) is 3.08. The van der Waals surface area contributed by atoms with Crippen molar-refractivity contribution in [3.05, 3.63) is 12.2 Å². The van der Waals surface area contributed by atoms with Crippen LogP contribution >= 0.6 is 0 Å². The van der Waals surface area contributed by atoms with E-state index in [9.17, 15) is 4.79 Å². The molecule has 1 fully saturated rings. The SMILES string of the molecule is C1CO1.C=C(C)C(=O)O.CCCCCCCCCCCCO. The lowest BCUT2D eigenvalue weighted by molar-refractivity contribution is -0.132.